The molecule has 0 atom stereocenters. The highest BCUT2D eigenvalue weighted by Crippen LogP contribution is 2.34. The van der Waals surface area contributed by atoms with E-state index in [9.17, 15) is 9.18 Å². The van der Waals surface area contributed by atoms with E-state index in [0.717, 1.165) is 24.2 Å². The van der Waals surface area contributed by atoms with E-state index >= 15 is 0 Å². The van der Waals surface area contributed by atoms with Crippen LogP contribution in [-0.4, -0.2) is 44.7 Å². The summed E-state index contributed by atoms with van der Waals surface area (Å²) < 4.78 is 19.2. The van der Waals surface area contributed by atoms with Gasteiger partial charge < -0.3 is 15.0 Å². The molecule has 3 rings (SSSR count). The second-order valence-electron chi connectivity index (χ2n) is 6.89. The molecule has 1 saturated heterocycles. The molecule has 1 aliphatic rings. The summed E-state index contributed by atoms with van der Waals surface area (Å²) in [6.07, 6.45) is 3.06. The van der Waals surface area contributed by atoms with E-state index in [1.807, 2.05) is 31.1 Å². The van der Waals surface area contributed by atoms with Crippen LogP contribution in [0.25, 0.3) is 0 Å². The Bertz CT molecular complexity index is 756. The van der Waals surface area contributed by atoms with Gasteiger partial charge in [-0.25, -0.2) is 9.37 Å². The molecule has 1 amide bonds. The van der Waals surface area contributed by atoms with E-state index in [4.69, 9.17) is 4.74 Å². The Morgan fingerprint density at radius 2 is 2.04 bits per heavy atom. The highest BCUT2D eigenvalue weighted by molar-refractivity contribution is 5.94. The molecule has 0 radical (unpaired) electrons. The van der Waals surface area contributed by atoms with Gasteiger partial charge in [-0.05, 0) is 42.7 Å². The summed E-state index contributed by atoms with van der Waals surface area (Å²) in [5.41, 5.74) is 1.10. The second kappa shape index (κ2) is 7.83. The fourth-order valence-corrected chi connectivity index (χ4v) is 3.28. The summed E-state index contributed by atoms with van der Waals surface area (Å²) in [6.45, 7) is 1.64. The lowest BCUT2D eigenvalue weighted by molar-refractivity contribution is 0.0486. The van der Waals surface area contributed by atoms with Gasteiger partial charge in [0.15, 0.2) is 0 Å². The lowest BCUT2D eigenvalue weighted by Crippen LogP contribution is -2.44. The lowest BCUT2D eigenvalue weighted by atomic mass is 9.74. The van der Waals surface area contributed by atoms with Gasteiger partial charge in [-0.1, -0.05) is 12.1 Å². The van der Waals surface area contributed by atoms with Crippen LogP contribution in [-0.2, 0) is 10.2 Å². The summed E-state index contributed by atoms with van der Waals surface area (Å²) in [5.74, 6) is 0.357. The van der Waals surface area contributed by atoms with Crippen LogP contribution in [0.3, 0.4) is 0 Å². The van der Waals surface area contributed by atoms with Crippen LogP contribution < -0.4 is 10.2 Å². The molecule has 2 aromatic rings. The average molecular weight is 357 g/mol. The number of halogens is 1. The van der Waals surface area contributed by atoms with Gasteiger partial charge in [-0.3, -0.25) is 4.79 Å². The number of benzene rings is 1. The molecule has 26 heavy (non-hydrogen) atoms. The number of ether oxygens (including phenoxy) is 1. The number of carbonyl (C=O) groups excluding carboxylic acids is 1. The molecule has 6 heteroatoms. The van der Waals surface area contributed by atoms with E-state index in [2.05, 4.69) is 10.3 Å². The van der Waals surface area contributed by atoms with Crippen LogP contribution in [0.15, 0.2) is 42.6 Å². The van der Waals surface area contributed by atoms with Crippen molar-refractivity contribution in [1.29, 1.82) is 0 Å². The zero-order chi connectivity index (χ0) is 18.6. The third-order valence-corrected chi connectivity index (χ3v) is 4.94. The minimum atomic E-state index is -0.312. The highest BCUT2D eigenvalue weighted by atomic mass is 19.1. The van der Waals surface area contributed by atoms with Crippen molar-refractivity contribution in [3.05, 3.63) is 59.5 Å². The van der Waals surface area contributed by atoms with Crippen molar-refractivity contribution >= 4 is 11.7 Å². The largest absolute Gasteiger partial charge is 0.381 e. The number of amides is 1. The first-order valence-corrected chi connectivity index (χ1v) is 8.76. The predicted molar refractivity (Wildman–Crippen MR) is 99.0 cm³/mol. The number of hydrogen-bond acceptors (Lipinski definition) is 4. The maximum atomic E-state index is 13.7. The molecule has 0 unspecified atom stereocenters. The van der Waals surface area contributed by atoms with Crippen molar-refractivity contribution in [3.63, 3.8) is 0 Å². The summed E-state index contributed by atoms with van der Waals surface area (Å²) >= 11 is 0. The Kier molecular flexibility index (Phi) is 5.52. The summed E-state index contributed by atoms with van der Waals surface area (Å²) in [4.78, 5) is 18.7. The monoisotopic (exact) mass is 357 g/mol. The molecule has 1 aromatic heterocycles. The Balaban J connectivity index is 1.74. The number of anilines is 1. The van der Waals surface area contributed by atoms with Crippen LogP contribution in [0.4, 0.5) is 10.2 Å². The van der Waals surface area contributed by atoms with Crippen molar-refractivity contribution in [3.8, 4) is 0 Å². The third kappa shape index (κ3) is 4.02. The molecule has 0 spiro atoms. The molecular formula is C20H24FN3O2. The fraction of sp³-hybridized carbons (Fsp3) is 0.400. The summed E-state index contributed by atoms with van der Waals surface area (Å²) in [6, 6.07) is 10.2. The number of nitrogens with one attached hydrogen (secondary N) is 1. The first-order valence-electron chi connectivity index (χ1n) is 8.76. The SMILES string of the molecule is CN(C)c1ccc(C(=O)NCC2(c3cccc(F)c3)CCOCC2)cn1. The van der Waals surface area contributed by atoms with E-state index < -0.39 is 0 Å². The van der Waals surface area contributed by atoms with Crippen LogP contribution in [0.5, 0.6) is 0 Å². The van der Waals surface area contributed by atoms with Crippen molar-refractivity contribution < 1.29 is 13.9 Å². The van der Waals surface area contributed by atoms with Crippen molar-refractivity contribution in [2.45, 2.75) is 18.3 Å². The summed E-state index contributed by atoms with van der Waals surface area (Å²) in [7, 11) is 3.80. The average Bonchev–Trinajstić information content (AvgIpc) is 2.67. The number of aromatic nitrogens is 1. The zero-order valence-electron chi connectivity index (χ0n) is 15.2. The van der Waals surface area contributed by atoms with Crippen LogP contribution in [0.2, 0.25) is 0 Å². The summed E-state index contributed by atoms with van der Waals surface area (Å²) in [5, 5.41) is 3.01. The minimum absolute atomic E-state index is 0.176. The van der Waals surface area contributed by atoms with E-state index in [1.54, 1.807) is 24.4 Å². The quantitative estimate of drug-likeness (QED) is 0.894. The molecule has 0 bridgehead atoms. The highest BCUT2D eigenvalue weighted by Gasteiger charge is 2.35. The molecule has 1 N–H and O–H groups in total. The standard InChI is InChI=1S/C20H24FN3O2/c1-24(2)18-7-6-15(13-22-18)19(25)23-14-20(8-10-26-11-9-20)16-4-3-5-17(21)12-16/h3-7,12-13H,8-11,14H2,1-2H3,(H,23,25). The number of pyridine rings is 1. The van der Waals surface area contributed by atoms with Gasteiger partial charge in [0.25, 0.3) is 5.91 Å². The van der Waals surface area contributed by atoms with Crippen LogP contribution >= 0.6 is 0 Å². The molecule has 138 valence electrons. The fourth-order valence-electron chi connectivity index (χ4n) is 3.28. The zero-order valence-corrected chi connectivity index (χ0v) is 15.2. The molecular weight excluding hydrogens is 333 g/mol. The van der Waals surface area contributed by atoms with Gasteiger partial charge in [0.05, 0.1) is 5.56 Å². The number of carbonyl (C=O) groups is 1. The molecule has 1 fully saturated rings. The number of rotatable bonds is 5. The Morgan fingerprint density at radius 1 is 1.27 bits per heavy atom. The van der Waals surface area contributed by atoms with Gasteiger partial charge in [-0.15, -0.1) is 0 Å². The van der Waals surface area contributed by atoms with Gasteiger partial charge in [0.1, 0.15) is 11.6 Å². The maximum Gasteiger partial charge on any atom is 0.252 e. The molecule has 5 nitrogen and oxygen atoms in total. The van der Waals surface area contributed by atoms with Crippen molar-refractivity contribution in [2.75, 3.05) is 38.8 Å². The first kappa shape index (κ1) is 18.3. The van der Waals surface area contributed by atoms with Gasteiger partial charge >= 0.3 is 0 Å². The van der Waals surface area contributed by atoms with Crippen LogP contribution in [0, 0.1) is 5.82 Å². The van der Waals surface area contributed by atoms with E-state index in [1.165, 1.54) is 6.07 Å². The molecule has 1 aromatic carbocycles. The van der Waals surface area contributed by atoms with Gasteiger partial charge in [0.2, 0.25) is 0 Å². The number of hydrogen-bond donors (Lipinski definition) is 1. The number of nitrogens with zero attached hydrogens (tertiary/aromatic N) is 2. The van der Waals surface area contributed by atoms with Gasteiger partial charge in [-0.2, -0.15) is 0 Å². The Hall–Kier alpha value is -2.47. The third-order valence-electron chi connectivity index (χ3n) is 4.94. The van der Waals surface area contributed by atoms with Crippen molar-refractivity contribution in [2.24, 2.45) is 0 Å². The molecule has 0 aliphatic carbocycles. The molecule has 1 aliphatic heterocycles. The topological polar surface area (TPSA) is 54.5 Å². The van der Waals surface area contributed by atoms with Gasteiger partial charge in [0, 0.05) is 45.5 Å². The molecule has 0 saturated carbocycles. The predicted octanol–water partition coefficient (Wildman–Crippen LogP) is 2.76. The Morgan fingerprint density at radius 3 is 2.65 bits per heavy atom. The Labute approximate surface area is 153 Å². The van der Waals surface area contributed by atoms with Crippen molar-refractivity contribution in [1.82, 2.24) is 10.3 Å². The lowest BCUT2D eigenvalue weighted by Gasteiger charge is -2.38. The van der Waals surface area contributed by atoms with E-state index in [-0.39, 0.29) is 17.1 Å². The minimum Gasteiger partial charge on any atom is -0.381 e. The molecule has 2 heterocycles. The normalized spacial score (nSPS) is 16.1. The van der Waals surface area contributed by atoms with Crippen LogP contribution in [0.1, 0.15) is 28.8 Å². The maximum absolute atomic E-state index is 13.7. The first-order chi connectivity index (χ1) is 12.5. The smallest absolute Gasteiger partial charge is 0.252 e. The van der Waals surface area contributed by atoms with E-state index in [0.29, 0.717) is 25.3 Å². The second-order valence-corrected chi connectivity index (χ2v) is 6.89.